The van der Waals surface area contributed by atoms with Gasteiger partial charge in [-0.3, -0.25) is 30.4 Å². The number of nitro groups is 2. The summed E-state index contributed by atoms with van der Waals surface area (Å²) in [4.78, 5) is 33.5. The van der Waals surface area contributed by atoms with Crippen molar-refractivity contribution in [1.82, 2.24) is 0 Å². The number of hydrogen-bond donors (Lipinski definition) is 1. The van der Waals surface area contributed by atoms with Crippen LogP contribution in [0.15, 0.2) is 23.3 Å². The van der Waals surface area contributed by atoms with Crippen LogP contribution in [0.1, 0.15) is 58.3 Å². The Hall–Kier alpha value is -2.84. The first-order chi connectivity index (χ1) is 14.3. The highest BCUT2D eigenvalue weighted by molar-refractivity contribution is 5.91. The molecule has 0 aliphatic heterocycles. The number of nitro benzene ring substituents is 2. The second-order valence-corrected chi connectivity index (χ2v) is 9.23. The van der Waals surface area contributed by atoms with Gasteiger partial charge in [-0.25, -0.2) is 0 Å². The van der Waals surface area contributed by atoms with Crippen molar-refractivity contribution in [3.05, 3.63) is 38.4 Å². The van der Waals surface area contributed by atoms with E-state index in [9.17, 15) is 25.0 Å². The summed E-state index contributed by atoms with van der Waals surface area (Å²) in [5, 5.41) is 26.8. The number of rotatable bonds is 11. The van der Waals surface area contributed by atoms with Crippen LogP contribution in [-0.4, -0.2) is 21.3 Å². The van der Waals surface area contributed by atoms with E-state index < -0.39 is 9.85 Å². The molecule has 1 unspecified atom stereocenters. The van der Waals surface area contributed by atoms with Gasteiger partial charge in [-0.2, -0.15) is 5.10 Å². The summed E-state index contributed by atoms with van der Waals surface area (Å²) in [6.07, 6.45) is 7.62. The standard InChI is InChI=1S/C21H26N4O5/c1-21(15-6-7-15,12-20(26)14-4-5-14)11-18(13-2-3-13)23-22-17-9-8-16(24(27)28)10-19(17)25(29)30/h8-10,13-15,22H,2-7,11-12H2,1H3/b23-18-. The molecular weight excluding hydrogens is 388 g/mol. The van der Waals surface area contributed by atoms with E-state index in [1.54, 1.807) is 0 Å². The smallest absolute Gasteiger partial charge is 0.299 e. The molecule has 3 aliphatic rings. The van der Waals surface area contributed by atoms with Crippen LogP contribution in [0, 0.1) is 43.4 Å². The molecule has 0 spiro atoms. The van der Waals surface area contributed by atoms with Gasteiger partial charge in [0, 0.05) is 24.1 Å². The number of hydrogen-bond acceptors (Lipinski definition) is 7. The number of hydrazone groups is 1. The van der Waals surface area contributed by atoms with Gasteiger partial charge in [0.15, 0.2) is 0 Å². The number of nitrogens with one attached hydrogen (secondary N) is 1. The fourth-order valence-electron chi connectivity index (χ4n) is 4.20. The average Bonchev–Trinajstić information content (AvgIpc) is 3.57. The van der Waals surface area contributed by atoms with Crippen LogP contribution in [0.2, 0.25) is 0 Å². The average molecular weight is 414 g/mol. The molecule has 1 N–H and O–H groups in total. The van der Waals surface area contributed by atoms with E-state index in [0.717, 1.165) is 50.3 Å². The summed E-state index contributed by atoms with van der Waals surface area (Å²) in [7, 11) is 0. The molecule has 30 heavy (non-hydrogen) atoms. The predicted octanol–water partition coefficient (Wildman–Crippen LogP) is 4.86. The number of nitrogens with zero attached hydrogens (tertiary/aromatic N) is 3. The molecule has 0 aromatic heterocycles. The Balaban J connectivity index is 1.53. The SMILES string of the molecule is CC(CC(=O)C1CC1)(C/C(=N/Nc1ccc([N+](=O)[O-])cc1[N+](=O)[O-])C1CC1)C1CC1. The summed E-state index contributed by atoms with van der Waals surface area (Å²) < 4.78 is 0. The number of carbonyl (C=O) groups excluding carboxylic acids is 1. The van der Waals surface area contributed by atoms with Crippen molar-refractivity contribution < 1.29 is 14.6 Å². The van der Waals surface area contributed by atoms with Crippen LogP contribution >= 0.6 is 0 Å². The van der Waals surface area contributed by atoms with Crippen LogP contribution in [0.25, 0.3) is 0 Å². The lowest BCUT2D eigenvalue weighted by Crippen LogP contribution is -2.28. The van der Waals surface area contributed by atoms with Gasteiger partial charge in [-0.1, -0.05) is 6.92 Å². The van der Waals surface area contributed by atoms with Crippen molar-refractivity contribution >= 4 is 28.6 Å². The van der Waals surface area contributed by atoms with E-state index in [1.807, 2.05) is 0 Å². The lowest BCUT2D eigenvalue weighted by atomic mass is 9.74. The Morgan fingerprint density at radius 1 is 1.07 bits per heavy atom. The fourth-order valence-corrected chi connectivity index (χ4v) is 4.20. The second kappa shape index (κ2) is 7.77. The zero-order chi connectivity index (χ0) is 21.5. The zero-order valence-electron chi connectivity index (χ0n) is 17.0. The highest BCUT2D eigenvalue weighted by Crippen LogP contribution is 2.52. The van der Waals surface area contributed by atoms with Crippen molar-refractivity contribution in [2.45, 2.75) is 58.3 Å². The van der Waals surface area contributed by atoms with Crippen LogP contribution in [-0.2, 0) is 4.79 Å². The molecule has 0 amide bonds. The Morgan fingerprint density at radius 2 is 1.73 bits per heavy atom. The summed E-state index contributed by atoms with van der Waals surface area (Å²) in [5.74, 6) is 1.46. The molecule has 3 saturated carbocycles. The van der Waals surface area contributed by atoms with Gasteiger partial charge < -0.3 is 0 Å². The van der Waals surface area contributed by atoms with Gasteiger partial charge in [0.2, 0.25) is 0 Å². The molecule has 0 heterocycles. The van der Waals surface area contributed by atoms with Crippen molar-refractivity contribution in [1.29, 1.82) is 0 Å². The van der Waals surface area contributed by atoms with Crippen LogP contribution in [0.4, 0.5) is 17.1 Å². The maximum absolute atomic E-state index is 12.5. The van der Waals surface area contributed by atoms with Crippen LogP contribution in [0.3, 0.4) is 0 Å². The fraction of sp³-hybridized carbons (Fsp3) is 0.619. The van der Waals surface area contributed by atoms with Gasteiger partial charge in [-0.05, 0) is 68.3 Å². The van der Waals surface area contributed by atoms with E-state index in [4.69, 9.17) is 0 Å². The maximum Gasteiger partial charge on any atom is 0.301 e. The molecule has 1 atom stereocenters. The minimum atomic E-state index is -0.659. The number of benzene rings is 1. The number of Topliss-reactive ketones (excluding diaryl/α,β-unsaturated/α-hetero) is 1. The molecule has 9 heteroatoms. The first-order valence-electron chi connectivity index (χ1n) is 10.5. The largest absolute Gasteiger partial charge is 0.301 e. The van der Waals surface area contributed by atoms with Crippen molar-refractivity contribution in [3.8, 4) is 0 Å². The Labute approximate surface area is 174 Å². The number of carbonyl (C=O) groups is 1. The quantitative estimate of drug-likeness (QED) is 0.313. The van der Waals surface area contributed by atoms with Gasteiger partial charge in [0.1, 0.15) is 11.5 Å². The summed E-state index contributed by atoms with van der Waals surface area (Å²) >= 11 is 0. The number of anilines is 1. The molecule has 0 radical (unpaired) electrons. The van der Waals surface area contributed by atoms with Crippen LogP contribution in [0.5, 0.6) is 0 Å². The molecule has 3 aliphatic carbocycles. The van der Waals surface area contributed by atoms with Crippen molar-refractivity contribution in [3.63, 3.8) is 0 Å². The molecule has 1 aromatic carbocycles. The normalized spacial score (nSPS) is 21.0. The third-order valence-corrected chi connectivity index (χ3v) is 6.52. The molecular formula is C21H26N4O5. The summed E-state index contributed by atoms with van der Waals surface area (Å²) in [5.41, 5.74) is 3.03. The molecule has 0 saturated heterocycles. The molecule has 0 bridgehead atoms. The van der Waals surface area contributed by atoms with E-state index in [2.05, 4.69) is 17.5 Å². The third-order valence-electron chi connectivity index (χ3n) is 6.52. The zero-order valence-corrected chi connectivity index (χ0v) is 17.0. The molecule has 1 aromatic rings. The van der Waals surface area contributed by atoms with E-state index >= 15 is 0 Å². The summed E-state index contributed by atoms with van der Waals surface area (Å²) in [6.45, 7) is 2.18. The minimum Gasteiger partial charge on any atom is -0.299 e. The van der Waals surface area contributed by atoms with Gasteiger partial charge in [0.05, 0.1) is 15.9 Å². The molecule has 160 valence electrons. The topological polar surface area (TPSA) is 128 Å². The van der Waals surface area contributed by atoms with Gasteiger partial charge >= 0.3 is 5.69 Å². The first-order valence-corrected chi connectivity index (χ1v) is 10.5. The lowest BCUT2D eigenvalue weighted by Gasteiger charge is -2.30. The van der Waals surface area contributed by atoms with Crippen LogP contribution < -0.4 is 5.43 Å². The number of ketones is 1. The highest BCUT2D eigenvalue weighted by atomic mass is 16.6. The van der Waals surface area contributed by atoms with E-state index in [0.29, 0.717) is 30.5 Å². The van der Waals surface area contributed by atoms with Crippen molar-refractivity contribution in [2.75, 3.05) is 5.43 Å². The van der Waals surface area contributed by atoms with Gasteiger partial charge in [-0.15, -0.1) is 0 Å². The first kappa shape index (κ1) is 20.4. The lowest BCUT2D eigenvalue weighted by molar-refractivity contribution is -0.393. The molecule has 4 rings (SSSR count). The predicted molar refractivity (Wildman–Crippen MR) is 111 cm³/mol. The van der Waals surface area contributed by atoms with E-state index in [1.165, 1.54) is 12.1 Å². The van der Waals surface area contributed by atoms with Crippen molar-refractivity contribution in [2.24, 2.45) is 28.3 Å². The summed E-state index contributed by atoms with van der Waals surface area (Å²) in [6, 6.07) is 3.49. The van der Waals surface area contributed by atoms with E-state index in [-0.39, 0.29) is 28.4 Å². The molecule has 3 fully saturated rings. The Kier molecular flexibility index (Phi) is 5.29. The Morgan fingerprint density at radius 3 is 2.27 bits per heavy atom. The Bertz CT molecular complexity index is 918. The second-order valence-electron chi connectivity index (χ2n) is 9.23. The van der Waals surface area contributed by atoms with Gasteiger partial charge in [0.25, 0.3) is 5.69 Å². The monoisotopic (exact) mass is 414 g/mol. The maximum atomic E-state index is 12.5. The third kappa shape index (κ3) is 4.66. The highest BCUT2D eigenvalue weighted by Gasteiger charge is 2.47. The number of non-ortho nitro benzene ring substituents is 1. The molecule has 9 nitrogen and oxygen atoms in total. The minimum absolute atomic E-state index is 0.121.